The van der Waals surface area contributed by atoms with Crippen LogP contribution in [0.4, 0.5) is 0 Å². The van der Waals surface area contributed by atoms with Gasteiger partial charge in [0, 0.05) is 19.6 Å². The molecule has 0 saturated carbocycles. The maximum Gasteiger partial charge on any atom is 0.258 e. The van der Waals surface area contributed by atoms with Gasteiger partial charge >= 0.3 is 0 Å². The molecule has 2 aromatic carbocycles. The topological polar surface area (TPSA) is 94.2 Å². The highest BCUT2D eigenvalue weighted by atomic mass is 32.2. The van der Waals surface area contributed by atoms with E-state index in [1.165, 1.54) is 4.31 Å². The third kappa shape index (κ3) is 6.43. The highest BCUT2D eigenvalue weighted by Gasteiger charge is 2.26. The van der Waals surface area contributed by atoms with Crippen LogP contribution in [0.1, 0.15) is 18.9 Å². The van der Waals surface area contributed by atoms with Gasteiger partial charge in [0.15, 0.2) is 18.1 Å². The molecule has 8 nitrogen and oxygen atoms in total. The number of nitrogens with zero attached hydrogens (tertiary/aromatic N) is 1. The minimum absolute atomic E-state index is 0.143. The first-order chi connectivity index (χ1) is 15.0. The molecule has 1 heterocycles. The van der Waals surface area contributed by atoms with E-state index in [0.29, 0.717) is 44.4 Å². The monoisotopic (exact) mass is 448 g/mol. The maximum absolute atomic E-state index is 12.7. The number of morpholine rings is 1. The van der Waals surface area contributed by atoms with Gasteiger partial charge in [0.05, 0.1) is 24.7 Å². The lowest BCUT2D eigenvalue weighted by atomic mass is 10.2. The number of amides is 1. The van der Waals surface area contributed by atoms with E-state index in [9.17, 15) is 13.2 Å². The van der Waals surface area contributed by atoms with E-state index < -0.39 is 10.0 Å². The quantitative estimate of drug-likeness (QED) is 0.599. The van der Waals surface area contributed by atoms with E-state index in [-0.39, 0.29) is 24.0 Å². The molecule has 1 saturated heterocycles. The number of sulfonamides is 1. The second kappa shape index (κ2) is 11.1. The second-order valence-electron chi connectivity index (χ2n) is 7.02. The van der Waals surface area contributed by atoms with Gasteiger partial charge in [-0.2, -0.15) is 4.31 Å². The molecule has 0 unspecified atom stereocenters. The lowest BCUT2D eigenvalue weighted by Gasteiger charge is -2.26. The molecule has 0 bridgehead atoms. The third-order valence-corrected chi connectivity index (χ3v) is 6.60. The molecule has 2 aromatic rings. The zero-order chi connectivity index (χ0) is 22.1. The third-order valence-electron chi connectivity index (χ3n) is 4.69. The van der Waals surface area contributed by atoms with Crippen molar-refractivity contribution in [3.05, 3.63) is 54.1 Å². The minimum Gasteiger partial charge on any atom is -0.490 e. The number of benzene rings is 2. The smallest absolute Gasteiger partial charge is 0.258 e. The standard InChI is InChI=1S/C22H28N2O6S/c1-2-13-29-20-5-3-4-6-21(20)30-17-22(25)23-16-18-7-9-19(10-8-18)31(26,27)24-11-14-28-15-12-24/h3-10H,2,11-17H2,1H3,(H,23,25). The molecule has 0 aromatic heterocycles. The van der Waals surface area contributed by atoms with Crippen LogP contribution in [0.25, 0.3) is 0 Å². The zero-order valence-electron chi connectivity index (χ0n) is 17.6. The van der Waals surface area contributed by atoms with E-state index in [1.807, 2.05) is 19.1 Å². The Labute approximate surface area is 183 Å². The number of ether oxygens (including phenoxy) is 3. The SMILES string of the molecule is CCCOc1ccccc1OCC(=O)NCc1ccc(S(=O)(=O)N2CCOCC2)cc1. The molecule has 0 spiro atoms. The number of para-hydroxylation sites is 2. The van der Waals surface area contributed by atoms with Gasteiger partial charge in [0.2, 0.25) is 10.0 Å². The Morgan fingerprint density at radius 2 is 1.68 bits per heavy atom. The molecule has 1 fully saturated rings. The summed E-state index contributed by atoms with van der Waals surface area (Å²) >= 11 is 0. The van der Waals surface area contributed by atoms with Crippen LogP contribution in [-0.2, 0) is 26.1 Å². The zero-order valence-corrected chi connectivity index (χ0v) is 18.4. The van der Waals surface area contributed by atoms with Gasteiger partial charge in [-0.15, -0.1) is 0 Å². The van der Waals surface area contributed by atoms with E-state index >= 15 is 0 Å². The lowest BCUT2D eigenvalue weighted by molar-refractivity contribution is -0.123. The van der Waals surface area contributed by atoms with Crippen molar-refractivity contribution in [3.63, 3.8) is 0 Å². The van der Waals surface area contributed by atoms with Crippen LogP contribution in [0.3, 0.4) is 0 Å². The Morgan fingerprint density at radius 3 is 2.32 bits per heavy atom. The van der Waals surface area contributed by atoms with Crippen LogP contribution >= 0.6 is 0 Å². The largest absolute Gasteiger partial charge is 0.490 e. The van der Waals surface area contributed by atoms with Gasteiger partial charge in [-0.3, -0.25) is 4.79 Å². The minimum atomic E-state index is -3.53. The molecule has 0 aliphatic carbocycles. The Kier molecular flexibility index (Phi) is 8.27. The number of rotatable bonds is 10. The van der Waals surface area contributed by atoms with E-state index in [1.54, 1.807) is 36.4 Å². The van der Waals surface area contributed by atoms with E-state index in [4.69, 9.17) is 14.2 Å². The number of hydrogen-bond acceptors (Lipinski definition) is 6. The average Bonchev–Trinajstić information content (AvgIpc) is 2.81. The highest BCUT2D eigenvalue weighted by molar-refractivity contribution is 7.89. The van der Waals surface area contributed by atoms with Crippen LogP contribution in [0, 0.1) is 0 Å². The molecule has 0 atom stereocenters. The predicted molar refractivity (Wildman–Crippen MR) is 116 cm³/mol. The van der Waals surface area contributed by atoms with Gasteiger partial charge in [-0.25, -0.2) is 8.42 Å². The summed E-state index contributed by atoms with van der Waals surface area (Å²) < 4.78 is 43.1. The van der Waals surface area contributed by atoms with Gasteiger partial charge in [-0.1, -0.05) is 31.2 Å². The summed E-state index contributed by atoms with van der Waals surface area (Å²) in [6.45, 7) is 4.23. The van der Waals surface area contributed by atoms with Crippen molar-refractivity contribution >= 4 is 15.9 Å². The van der Waals surface area contributed by atoms with Crippen LogP contribution in [-0.4, -0.2) is 58.1 Å². The number of nitrogens with one attached hydrogen (secondary N) is 1. The first-order valence-corrected chi connectivity index (χ1v) is 11.7. The summed E-state index contributed by atoms with van der Waals surface area (Å²) in [5, 5.41) is 2.77. The van der Waals surface area contributed by atoms with Crippen LogP contribution in [0.2, 0.25) is 0 Å². The fraction of sp³-hybridized carbons (Fsp3) is 0.409. The molecule has 31 heavy (non-hydrogen) atoms. The number of carbonyl (C=O) groups excluding carboxylic acids is 1. The fourth-order valence-corrected chi connectivity index (χ4v) is 4.42. The first-order valence-electron chi connectivity index (χ1n) is 10.3. The van der Waals surface area contributed by atoms with Crippen molar-refractivity contribution in [1.82, 2.24) is 9.62 Å². The Bertz CT molecular complexity index is 956. The van der Waals surface area contributed by atoms with E-state index in [0.717, 1.165) is 12.0 Å². The summed E-state index contributed by atoms with van der Waals surface area (Å²) in [6, 6.07) is 13.7. The summed E-state index contributed by atoms with van der Waals surface area (Å²) in [5.74, 6) is 0.841. The summed E-state index contributed by atoms with van der Waals surface area (Å²) in [5.41, 5.74) is 0.793. The molecular weight excluding hydrogens is 420 g/mol. The fourth-order valence-electron chi connectivity index (χ4n) is 3.01. The molecule has 168 valence electrons. The van der Waals surface area contributed by atoms with Crippen molar-refractivity contribution in [2.75, 3.05) is 39.5 Å². The molecule has 0 radical (unpaired) electrons. The Balaban J connectivity index is 1.50. The molecule has 3 rings (SSSR count). The number of hydrogen-bond donors (Lipinski definition) is 1. The number of carbonyl (C=O) groups is 1. The normalized spacial score (nSPS) is 14.7. The van der Waals surface area contributed by atoms with E-state index in [2.05, 4.69) is 5.32 Å². The van der Waals surface area contributed by atoms with Crippen molar-refractivity contribution in [2.24, 2.45) is 0 Å². The molecular formula is C22H28N2O6S. The summed E-state index contributed by atoms with van der Waals surface area (Å²) in [7, 11) is -3.53. The highest BCUT2D eigenvalue weighted by Crippen LogP contribution is 2.26. The summed E-state index contributed by atoms with van der Waals surface area (Å²) in [6.07, 6.45) is 0.876. The Morgan fingerprint density at radius 1 is 1.03 bits per heavy atom. The van der Waals surface area contributed by atoms with Gasteiger partial charge in [-0.05, 0) is 36.2 Å². The molecule has 1 aliphatic rings. The van der Waals surface area contributed by atoms with Crippen LogP contribution in [0.15, 0.2) is 53.4 Å². The van der Waals surface area contributed by atoms with Crippen molar-refractivity contribution in [3.8, 4) is 11.5 Å². The maximum atomic E-state index is 12.7. The first kappa shape index (κ1) is 23.1. The molecule has 1 amide bonds. The van der Waals surface area contributed by atoms with Crippen molar-refractivity contribution < 1.29 is 27.4 Å². The lowest BCUT2D eigenvalue weighted by Crippen LogP contribution is -2.40. The summed E-state index contributed by atoms with van der Waals surface area (Å²) in [4.78, 5) is 12.4. The van der Waals surface area contributed by atoms with Gasteiger partial charge in [0.1, 0.15) is 0 Å². The van der Waals surface area contributed by atoms with Crippen molar-refractivity contribution in [1.29, 1.82) is 0 Å². The Hall–Kier alpha value is -2.62. The van der Waals surface area contributed by atoms with Crippen LogP contribution in [0.5, 0.6) is 11.5 Å². The van der Waals surface area contributed by atoms with Gasteiger partial charge in [0.25, 0.3) is 5.91 Å². The molecule has 1 N–H and O–H groups in total. The molecule has 1 aliphatic heterocycles. The average molecular weight is 449 g/mol. The molecule has 9 heteroatoms. The second-order valence-corrected chi connectivity index (χ2v) is 8.96. The van der Waals surface area contributed by atoms with Crippen LogP contribution < -0.4 is 14.8 Å². The van der Waals surface area contributed by atoms with Gasteiger partial charge < -0.3 is 19.5 Å². The van der Waals surface area contributed by atoms with Crippen molar-refractivity contribution in [2.45, 2.75) is 24.8 Å². The predicted octanol–water partition coefficient (Wildman–Crippen LogP) is 2.19.